The highest BCUT2D eigenvalue weighted by atomic mass is 16.6. The maximum atomic E-state index is 12.8. The van der Waals surface area contributed by atoms with E-state index in [9.17, 15) is 14.9 Å². The van der Waals surface area contributed by atoms with Gasteiger partial charge in [-0.15, -0.1) is 0 Å². The Kier molecular flexibility index (Phi) is 5.14. The number of anilines is 1. The fourth-order valence-electron chi connectivity index (χ4n) is 3.80. The molecule has 1 heterocycles. The van der Waals surface area contributed by atoms with Gasteiger partial charge in [0.05, 0.1) is 4.92 Å². The number of carbonyl (C=O) groups excluding carboxylic acids is 1. The van der Waals surface area contributed by atoms with E-state index in [2.05, 4.69) is 35.2 Å². The standard InChI is InChI=1S/C22H22N4O3/c23-20-9-8-17(14-21(20)26(28)29)22(27)25-12-10-24(11-13-25)15-18-6-3-5-16-4-1-2-7-19(16)18/h1-9,14H,10-13,15,23H2. The van der Waals surface area contributed by atoms with Crippen molar-refractivity contribution in [3.63, 3.8) is 0 Å². The fraction of sp³-hybridized carbons (Fsp3) is 0.227. The molecule has 148 valence electrons. The Morgan fingerprint density at radius 1 is 1.00 bits per heavy atom. The summed E-state index contributed by atoms with van der Waals surface area (Å²) in [5, 5.41) is 13.6. The highest BCUT2D eigenvalue weighted by molar-refractivity contribution is 5.95. The van der Waals surface area contributed by atoms with Gasteiger partial charge in [-0.3, -0.25) is 19.8 Å². The summed E-state index contributed by atoms with van der Waals surface area (Å²) in [6, 6.07) is 18.9. The topological polar surface area (TPSA) is 92.7 Å². The third-order valence-electron chi connectivity index (χ3n) is 5.41. The van der Waals surface area contributed by atoms with E-state index in [0.717, 1.165) is 19.6 Å². The summed E-state index contributed by atoms with van der Waals surface area (Å²) in [7, 11) is 0. The minimum atomic E-state index is -0.561. The monoisotopic (exact) mass is 390 g/mol. The average Bonchev–Trinajstić information content (AvgIpc) is 2.74. The number of hydrogen-bond acceptors (Lipinski definition) is 5. The maximum Gasteiger partial charge on any atom is 0.292 e. The molecule has 0 bridgehead atoms. The lowest BCUT2D eigenvalue weighted by Gasteiger charge is -2.35. The third kappa shape index (κ3) is 3.90. The molecule has 0 atom stereocenters. The largest absolute Gasteiger partial charge is 0.393 e. The highest BCUT2D eigenvalue weighted by Gasteiger charge is 2.24. The lowest BCUT2D eigenvalue weighted by molar-refractivity contribution is -0.383. The van der Waals surface area contributed by atoms with Crippen molar-refractivity contribution in [1.82, 2.24) is 9.80 Å². The number of piperazine rings is 1. The number of nitrogen functional groups attached to an aromatic ring is 1. The second kappa shape index (κ2) is 7.89. The van der Waals surface area contributed by atoms with Crippen molar-refractivity contribution >= 4 is 28.1 Å². The van der Waals surface area contributed by atoms with E-state index >= 15 is 0 Å². The van der Waals surface area contributed by atoms with Crippen molar-refractivity contribution in [3.05, 3.63) is 81.9 Å². The first-order valence-electron chi connectivity index (χ1n) is 9.55. The lowest BCUT2D eigenvalue weighted by Crippen LogP contribution is -2.48. The second-order valence-corrected chi connectivity index (χ2v) is 7.24. The van der Waals surface area contributed by atoms with E-state index in [4.69, 9.17) is 5.73 Å². The van der Waals surface area contributed by atoms with E-state index in [0.29, 0.717) is 18.7 Å². The first-order valence-corrected chi connectivity index (χ1v) is 9.55. The van der Waals surface area contributed by atoms with Gasteiger partial charge >= 0.3 is 0 Å². The molecular formula is C22H22N4O3. The highest BCUT2D eigenvalue weighted by Crippen LogP contribution is 2.24. The van der Waals surface area contributed by atoms with Crippen LogP contribution in [-0.2, 0) is 6.54 Å². The van der Waals surface area contributed by atoms with E-state index in [1.54, 1.807) is 11.0 Å². The molecule has 4 rings (SSSR count). The van der Waals surface area contributed by atoms with Gasteiger partial charge in [-0.2, -0.15) is 0 Å². The smallest absolute Gasteiger partial charge is 0.292 e. The predicted molar refractivity (Wildman–Crippen MR) is 113 cm³/mol. The minimum Gasteiger partial charge on any atom is -0.393 e. The molecule has 2 N–H and O–H groups in total. The van der Waals surface area contributed by atoms with E-state index in [1.165, 1.54) is 28.5 Å². The Morgan fingerprint density at radius 3 is 2.48 bits per heavy atom. The minimum absolute atomic E-state index is 0.0615. The van der Waals surface area contributed by atoms with E-state index in [-0.39, 0.29) is 17.3 Å². The average molecular weight is 390 g/mol. The summed E-state index contributed by atoms with van der Waals surface area (Å²) < 4.78 is 0. The Labute approximate surface area is 168 Å². The van der Waals surface area contributed by atoms with Gasteiger partial charge in [-0.25, -0.2) is 0 Å². The van der Waals surface area contributed by atoms with E-state index < -0.39 is 4.92 Å². The summed E-state index contributed by atoms with van der Waals surface area (Å²) in [5.74, 6) is -0.196. The summed E-state index contributed by atoms with van der Waals surface area (Å²) in [6.45, 7) is 3.51. The van der Waals surface area contributed by atoms with Crippen LogP contribution in [0.3, 0.4) is 0 Å². The quantitative estimate of drug-likeness (QED) is 0.419. The zero-order valence-electron chi connectivity index (χ0n) is 16.0. The number of carbonyl (C=O) groups is 1. The van der Waals surface area contributed by atoms with Crippen molar-refractivity contribution in [2.45, 2.75) is 6.54 Å². The Morgan fingerprint density at radius 2 is 1.72 bits per heavy atom. The molecule has 1 fully saturated rings. The number of nitrogens with zero attached hydrogens (tertiary/aromatic N) is 3. The van der Waals surface area contributed by atoms with Crippen molar-refractivity contribution in [1.29, 1.82) is 0 Å². The zero-order chi connectivity index (χ0) is 20.4. The molecule has 1 saturated heterocycles. The fourth-order valence-corrected chi connectivity index (χ4v) is 3.80. The molecule has 3 aromatic carbocycles. The van der Waals surface area contributed by atoms with Crippen LogP contribution in [0.4, 0.5) is 11.4 Å². The van der Waals surface area contributed by atoms with Crippen molar-refractivity contribution in [3.8, 4) is 0 Å². The number of benzene rings is 3. The molecule has 0 saturated carbocycles. The van der Waals surface area contributed by atoms with Crippen LogP contribution >= 0.6 is 0 Å². The summed E-state index contributed by atoms with van der Waals surface area (Å²) in [5.41, 5.74) is 7.03. The lowest BCUT2D eigenvalue weighted by atomic mass is 10.0. The van der Waals surface area contributed by atoms with Crippen LogP contribution in [0, 0.1) is 10.1 Å². The molecule has 1 aliphatic heterocycles. The van der Waals surface area contributed by atoms with Gasteiger partial charge < -0.3 is 10.6 Å². The summed E-state index contributed by atoms with van der Waals surface area (Å²) in [4.78, 5) is 27.4. The van der Waals surface area contributed by atoms with Crippen molar-refractivity contribution in [2.24, 2.45) is 0 Å². The molecule has 3 aromatic rings. The summed E-state index contributed by atoms with van der Waals surface area (Å²) in [6.07, 6.45) is 0. The first-order chi connectivity index (χ1) is 14.0. The first kappa shape index (κ1) is 18.9. The van der Waals surface area contributed by atoms with Crippen LogP contribution in [0.1, 0.15) is 15.9 Å². The molecule has 0 aromatic heterocycles. The number of amides is 1. The zero-order valence-corrected chi connectivity index (χ0v) is 16.0. The molecule has 0 radical (unpaired) electrons. The van der Waals surface area contributed by atoms with Gasteiger partial charge in [0.1, 0.15) is 5.69 Å². The normalized spacial score (nSPS) is 14.8. The number of fused-ring (bicyclic) bond motifs is 1. The molecule has 0 aliphatic carbocycles. The molecule has 0 unspecified atom stereocenters. The number of hydrogen-bond donors (Lipinski definition) is 1. The maximum absolute atomic E-state index is 12.8. The van der Waals surface area contributed by atoms with Gasteiger partial charge in [0, 0.05) is 44.4 Å². The number of rotatable bonds is 4. The van der Waals surface area contributed by atoms with Crippen LogP contribution in [0.25, 0.3) is 10.8 Å². The van der Waals surface area contributed by atoms with Gasteiger partial charge in [0.2, 0.25) is 0 Å². The molecule has 1 amide bonds. The Balaban J connectivity index is 1.42. The molecule has 29 heavy (non-hydrogen) atoms. The number of nitrogens with two attached hydrogens (primary N) is 1. The van der Waals surface area contributed by atoms with Crippen molar-refractivity contribution in [2.75, 3.05) is 31.9 Å². The molecule has 7 nitrogen and oxygen atoms in total. The number of nitro benzene ring substituents is 1. The van der Waals surface area contributed by atoms with Crippen LogP contribution in [0.15, 0.2) is 60.7 Å². The predicted octanol–water partition coefficient (Wildman–Crippen LogP) is 3.29. The van der Waals surface area contributed by atoms with Gasteiger partial charge in [-0.1, -0.05) is 42.5 Å². The van der Waals surface area contributed by atoms with Crippen LogP contribution in [0.5, 0.6) is 0 Å². The van der Waals surface area contributed by atoms with E-state index in [1.807, 2.05) is 12.1 Å². The van der Waals surface area contributed by atoms with Crippen LogP contribution in [-0.4, -0.2) is 46.8 Å². The summed E-state index contributed by atoms with van der Waals surface area (Å²) >= 11 is 0. The van der Waals surface area contributed by atoms with Crippen molar-refractivity contribution < 1.29 is 9.72 Å². The molecule has 7 heteroatoms. The van der Waals surface area contributed by atoms with Gasteiger partial charge in [-0.05, 0) is 28.5 Å². The van der Waals surface area contributed by atoms with Crippen LogP contribution in [0.2, 0.25) is 0 Å². The van der Waals surface area contributed by atoms with Gasteiger partial charge in [0.25, 0.3) is 11.6 Å². The molecule has 1 aliphatic rings. The number of nitro groups is 1. The van der Waals surface area contributed by atoms with Crippen LogP contribution < -0.4 is 5.73 Å². The Bertz CT molecular complexity index is 1070. The SMILES string of the molecule is Nc1ccc(C(=O)N2CCN(Cc3cccc4ccccc34)CC2)cc1[N+](=O)[O-]. The third-order valence-corrected chi connectivity index (χ3v) is 5.41. The Hall–Kier alpha value is -3.45. The second-order valence-electron chi connectivity index (χ2n) is 7.24. The molecule has 0 spiro atoms. The van der Waals surface area contributed by atoms with Gasteiger partial charge in [0.15, 0.2) is 0 Å². The molecular weight excluding hydrogens is 368 g/mol.